The van der Waals surface area contributed by atoms with Gasteiger partial charge >= 0.3 is 5.97 Å². The highest BCUT2D eigenvalue weighted by atomic mass is 32.2. The standard InChI is InChI=1S/C14H15O2S4/c1-6-8-10(19-13(2,3)17-8)7(12(15)16)11-9(6)18-14(4,5)20-11/h1H2,2-5H3,(H,15,16). The molecule has 1 aromatic rings. The van der Waals surface area contributed by atoms with E-state index in [0.29, 0.717) is 5.56 Å². The fourth-order valence-corrected chi connectivity index (χ4v) is 8.12. The van der Waals surface area contributed by atoms with Gasteiger partial charge in [0.15, 0.2) is 0 Å². The molecule has 6 heteroatoms. The summed E-state index contributed by atoms with van der Waals surface area (Å²) < 4.78 is -0.0577. The van der Waals surface area contributed by atoms with Crippen LogP contribution in [0.15, 0.2) is 19.6 Å². The molecule has 0 atom stereocenters. The topological polar surface area (TPSA) is 37.3 Å². The van der Waals surface area contributed by atoms with Gasteiger partial charge in [0.1, 0.15) is 0 Å². The number of benzene rings is 1. The molecular formula is C14H15O2S4. The molecule has 2 nitrogen and oxygen atoms in total. The van der Waals surface area contributed by atoms with Gasteiger partial charge in [0.2, 0.25) is 0 Å². The van der Waals surface area contributed by atoms with Crippen LogP contribution in [0.25, 0.3) is 0 Å². The van der Waals surface area contributed by atoms with E-state index in [1.54, 1.807) is 47.0 Å². The summed E-state index contributed by atoms with van der Waals surface area (Å²) in [6.45, 7) is 12.7. The maximum Gasteiger partial charge on any atom is 0.338 e. The lowest BCUT2D eigenvalue weighted by Crippen LogP contribution is -2.05. The van der Waals surface area contributed by atoms with E-state index in [2.05, 4.69) is 34.6 Å². The van der Waals surface area contributed by atoms with Crippen molar-refractivity contribution >= 4 is 53.0 Å². The van der Waals surface area contributed by atoms with Gasteiger partial charge in [-0.1, -0.05) is 0 Å². The third kappa shape index (κ3) is 2.28. The number of carboxylic acids is 1. The normalized spacial score (nSPS) is 21.6. The Hall–Kier alpha value is 0.0900. The first-order valence-corrected chi connectivity index (χ1v) is 9.43. The summed E-state index contributed by atoms with van der Waals surface area (Å²) in [4.78, 5) is 15.7. The Balaban J connectivity index is 2.29. The molecule has 0 unspecified atom stereocenters. The Labute approximate surface area is 136 Å². The van der Waals surface area contributed by atoms with Crippen LogP contribution in [-0.4, -0.2) is 19.2 Å². The largest absolute Gasteiger partial charge is 0.478 e. The summed E-state index contributed by atoms with van der Waals surface area (Å²) in [6.07, 6.45) is 0. The first-order chi connectivity index (χ1) is 9.11. The lowest BCUT2D eigenvalue weighted by Gasteiger charge is -2.15. The van der Waals surface area contributed by atoms with Crippen molar-refractivity contribution in [3.8, 4) is 0 Å². The highest BCUT2D eigenvalue weighted by Gasteiger charge is 2.42. The van der Waals surface area contributed by atoms with Crippen molar-refractivity contribution in [1.29, 1.82) is 0 Å². The van der Waals surface area contributed by atoms with E-state index in [9.17, 15) is 9.90 Å². The van der Waals surface area contributed by atoms with Crippen LogP contribution in [0.5, 0.6) is 0 Å². The zero-order valence-electron chi connectivity index (χ0n) is 11.7. The molecule has 2 aliphatic rings. The highest BCUT2D eigenvalue weighted by molar-refractivity contribution is 8.21. The average Bonchev–Trinajstić information content (AvgIpc) is 2.74. The number of hydrogen-bond acceptors (Lipinski definition) is 5. The van der Waals surface area contributed by atoms with Gasteiger partial charge in [-0.3, -0.25) is 0 Å². The van der Waals surface area contributed by atoms with Crippen LogP contribution in [0.3, 0.4) is 0 Å². The molecule has 0 bridgehead atoms. The summed E-state index contributed by atoms with van der Waals surface area (Å²) in [7, 11) is 0. The van der Waals surface area contributed by atoms with Gasteiger partial charge in [-0.25, -0.2) is 4.79 Å². The summed E-state index contributed by atoms with van der Waals surface area (Å²) in [5.74, 6) is -0.825. The molecule has 2 heterocycles. The van der Waals surface area contributed by atoms with Crippen molar-refractivity contribution in [2.75, 3.05) is 0 Å². The summed E-state index contributed by atoms with van der Waals surface area (Å²) in [5.41, 5.74) is 1.49. The fourth-order valence-electron chi connectivity index (χ4n) is 2.34. The van der Waals surface area contributed by atoms with E-state index in [-0.39, 0.29) is 8.16 Å². The molecule has 0 aromatic heterocycles. The predicted molar refractivity (Wildman–Crippen MR) is 89.4 cm³/mol. The Morgan fingerprint density at radius 1 is 0.900 bits per heavy atom. The van der Waals surface area contributed by atoms with Crippen LogP contribution in [0.4, 0.5) is 0 Å². The lowest BCUT2D eigenvalue weighted by molar-refractivity contribution is 0.0688. The van der Waals surface area contributed by atoms with Gasteiger partial charge in [0.05, 0.1) is 13.7 Å². The molecule has 107 valence electrons. The van der Waals surface area contributed by atoms with Crippen LogP contribution in [0.1, 0.15) is 43.6 Å². The zero-order valence-corrected chi connectivity index (χ0v) is 15.0. The number of rotatable bonds is 1. The number of thioether (sulfide) groups is 4. The second kappa shape index (κ2) is 4.54. The number of fused-ring (bicyclic) bond motifs is 2. The maximum absolute atomic E-state index is 11.8. The third-order valence-electron chi connectivity index (χ3n) is 3.02. The molecule has 1 aromatic carbocycles. The minimum Gasteiger partial charge on any atom is -0.478 e. The van der Waals surface area contributed by atoms with E-state index < -0.39 is 5.97 Å². The van der Waals surface area contributed by atoms with E-state index in [1.165, 1.54) is 0 Å². The molecule has 20 heavy (non-hydrogen) atoms. The van der Waals surface area contributed by atoms with Gasteiger partial charge in [-0.15, -0.1) is 47.0 Å². The van der Waals surface area contributed by atoms with Crippen molar-refractivity contribution in [1.82, 2.24) is 0 Å². The quantitative estimate of drug-likeness (QED) is 0.732. The van der Waals surface area contributed by atoms with Crippen LogP contribution < -0.4 is 0 Å². The highest BCUT2D eigenvalue weighted by Crippen LogP contribution is 2.65. The second-order valence-corrected chi connectivity index (χ2v) is 12.7. The Kier molecular flexibility index (Phi) is 3.41. The smallest absolute Gasteiger partial charge is 0.338 e. The Bertz CT molecular complexity index is 590. The van der Waals surface area contributed by atoms with Crippen LogP contribution >= 0.6 is 47.0 Å². The predicted octanol–water partition coefficient (Wildman–Crippen LogP) is 5.43. The lowest BCUT2D eigenvalue weighted by atomic mass is 10.1. The van der Waals surface area contributed by atoms with Crippen molar-refractivity contribution in [3.05, 3.63) is 18.1 Å². The first-order valence-electron chi connectivity index (χ1n) is 6.16. The summed E-state index contributed by atoms with van der Waals surface area (Å²) in [6, 6.07) is 0. The molecule has 0 fully saturated rings. The van der Waals surface area contributed by atoms with Gasteiger partial charge in [0, 0.05) is 19.6 Å². The van der Waals surface area contributed by atoms with E-state index in [1.807, 2.05) is 0 Å². The van der Waals surface area contributed by atoms with Gasteiger partial charge < -0.3 is 5.11 Å². The molecule has 0 amide bonds. The van der Waals surface area contributed by atoms with E-state index in [0.717, 1.165) is 25.1 Å². The molecule has 0 aliphatic carbocycles. The summed E-state index contributed by atoms with van der Waals surface area (Å²) >= 11 is 6.76. The molecule has 2 aliphatic heterocycles. The minimum atomic E-state index is -0.825. The SMILES string of the molecule is [CH2]c1c2c(c(C(=O)O)c3c1SC(C)(C)S3)SC(C)(C)S2. The van der Waals surface area contributed by atoms with Crippen molar-refractivity contribution in [2.24, 2.45) is 0 Å². The van der Waals surface area contributed by atoms with Crippen LogP contribution in [0, 0.1) is 6.92 Å². The third-order valence-corrected chi connectivity index (χ3v) is 8.78. The first kappa shape index (κ1) is 15.0. The Morgan fingerprint density at radius 2 is 1.25 bits per heavy atom. The average molecular weight is 344 g/mol. The monoisotopic (exact) mass is 343 g/mol. The number of hydrogen-bond donors (Lipinski definition) is 1. The molecule has 0 spiro atoms. The van der Waals surface area contributed by atoms with E-state index >= 15 is 0 Å². The van der Waals surface area contributed by atoms with Gasteiger partial charge in [-0.2, -0.15) is 0 Å². The number of carboxylic acid groups (broad SMARTS) is 1. The number of carbonyl (C=O) groups is 1. The molecule has 3 rings (SSSR count). The molecule has 0 saturated heterocycles. The van der Waals surface area contributed by atoms with Crippen LogP contribution in [0.2, 0.25) is 0 Å². The fraction of sp³-hybridized carbons (Fsp3) is 0.429. The van der Waals surface area contributed by atoms with Crippen LogP contribution in [-0.2, 0) is 0 Å². The van der Waals surface area contributed by atoms with Crippen molar-refractivity contribution < 1.29 is 9.90 Å². The molecule has 1 radical (unpaired) electrons. The number of aromatic carboxylic acids is 1. The molecule has 0 saturated carbocycles. The molecule has 1 N–H and O–H groups in total. The summed E-state index contributed by atoms with van der Waals surface area (Å²) in [5, 5.41) is 9.68. The van der Waals surface area contributed by atoms with Crippen molar-refractivity contribution in [3.63, 3.8) is 0 Å². The zero-order chi connectivity index (χ0) is 14.9. The second-order valence-electron chi connectivity index (χ2n) is 5.68. The van der Waals surface area contributed by atoms with Crippen molar-refractivity contribution in [2.45, 2.75) is 55.4 Å². The molecular weight excluding hydrogens is 328 g/mol. The van der Waals surface area contributed by atoms with Gasteiger partial charge in [-0.05, 0) is 40.2 Å². The minimum absolute atomic E-state index is 0.0289. The van der Waals surface area contributed by atoms with Gasteiger partial charge in [0.25, 0.3) is 0 Å². The Morgan fingerprint density at radius 3 is 1.60 bits per heavy atom. The maximum atomic E-state index is 11.8. The van der Waals surface area contributed by atoms with E-state index in [4.69, 9.17) is 0 Å².